The van der Waals surface area contributed by atoms with E-state index >= 15 is 8.78 Å². The number of carbonyl (C=O) groups excluding carboxylic acids is 1. The van der Waals surface area contributed by atoms with Crippen molar-refractivity contribution in [2.45, 2.75) is 31.4 Å². The van der Waals surface area contributed by atoms with Crippen LogP contribution < -0.4 is 11.1 Å². The molecule has 0 radical (unpaired) electrons. The quantitative estimate of drug-likeness (QED) is 0.189. The molecule has 0 unspecified atom stereocenters. The van der Waals surface area contributed by atoms with Crippen LogP contribution in [0, 0.1) is 28.8 Å². The number of anilines is 1. The average Bonchev–Trinajstić information content (AvgIpc) is 3.51. The van der Waals surface area contributed by atoms with Crippen LogP contribution in [-0.2, 0) is 16.1 Å². The molecule has 0 aliphatic carbocycles. The molecule has 2 aromatic heterocycles. The number of hydrogen-bond donors (Lipinski definition) is 4. The molecule has 2 aliphatic rings. The summed E-state index contributed by atoms with van der Waals surface area (Å²) in [5.41, 5.74) is 6.41. The van der Waals surface area contributed by atoms with Gasteiger partial charge in [0.05, 0.1) is 21.3 Å². The Kier molecular flexibility index (Phi) is 9.87. The number of fused-ring (bicyclic) bond motifs is 2. The molecule has 1 amide bonds. The number of amides is 1. The fourth-order valence-corrected chi connectivity index (χ4v) is 6.23. The van der Waals surface area contributed by atoms with Crippen molar-refractivity contribution < 1.29 is 64.1 Å². The normalized spacial score (nSPS) is 16.1. The van der Waals surface area contributed by atoms with Crippen LogP contribution in [0.15, 0.2) is 24.4 Å². The maximum atomic E-state index is 15.8. The van der Waals surface area contributed by atoms with Gasteiger partial charge in [0.2, 0.25) is 0 Å². The molecule has 48 heavy (non-hydrogen) atoms. The van der Waals surface area contributed by atoms with Crippen LogP contribution in [-0.4, -0.2) is 75.6 Å². The van der Waals surface area contributed by atoms with Crippen LogP contribution in [0.25, 0.3) is 32.1 Å². The van der Waals surface area contributed by atoms with Crippen LogP contribution >= 0.6 is 11.3 Å². The van der Waals surface area contributed by atoms with Crippen LogP contribution in [0.1, 0.15) is 22.3 Å². The first-order valence-electron chi connectivity index (χ1n) is 13.3. The van der Waals surface area contributed by atoms with E-state index in [0.717, 1.165) is 23.5 Å². The topological polar surface area (TPSA) is 162 Å². The number of aryl methyl sites for hydroxylation is 1. The summed E-state index contributed by atoms with van der Waals surface area (Å²) in [6, 6.07) is 5.52. The standard InChI is InChI=1S/C24H18F3N5OS.2C2HF3O2/c25-15-2-1-12(18-14(8-28)23(29)34-22(15)18)19-16(26)7-13-21-20(19)17(27)10-31(21)5-3-11-9-30-4-6-32(11)24(13)33;2*3-2(4,5)1(6)7/h1-2,7,10-11,30H,3-6,9,29H2;2*(H,6,7)/t11-;;/m0../s1. The number of nitrogens with one attached hydrogen (secondary N) is 1. The SMILES string of the molecule is N#Cc1c(N)sc2c(F)ccc(-c3c(F)cc4c5c3c(F)cn5CC[C@H]3CNCCN3C4=O)c12.O=C(O)C(F)(F)F.O=C(O)C(F)(F)F. The van der Waals surface area contributed by atoms with Crippen LogP contribution in [0.4, 0.5) is 44.5 Å². The Morgan fingerprint density at radius 1 is 0.958 bits per heavy atom. The maximum absolute atomic E-state index is 15.8. The molecule has 4 heterocycles. The Morgan fingerprint density at radius 2 is 1.56 bits per heavy atom. The highest BCUT2D eigenvalue weighted by Crippen LogP contribution is 2.45. The van der Waals surface area contributed by atoms with Gasteiger partial charge in [0.1, 0.15) is 28.5 Å². The smallest absolute Gasteiger partial charge is 0.475 e. The number of halogens is 9. The zero-order chi connectivity index (χ0) is 35.9. The number of benzene rings is 2. The highest BCUT2D eigenvalue weighted by atomic mass is 32.1. The molecule has 2 aromatic carbocycles. The Hall–Kier alpha value is -5.03. The Morgan fingerprint density at radius 3 is 2.12 bits per heavy atom. The van der Waals surface area contributed by atoms with E-state index in [2.05, 4.69) is 5.32 Å². The molecule has 2 aliphatic heterocycles. The summed E-state index contributed by atoms with van der Waals surface area (Å²) in [6.45, 7) is 2.18. The van der Waals surface area contributed by atoms with E-state index < -0.39 is 41.7 Å². The number of carboxylic acids is 2. The second kappa shape index (κ2) is 13.2. The molecule has 0 saturated carbocycles. The third-order valence-electron chi connectivity index (χ3n) is 7.28. The summed E-state index contributed by atoms with van der Waals surface area (Å²) in [5.74, 6) is -7.96. The molecule has 10 nitrogen and oxygen atoms in total. The maximum Gasteiger partial charge on any atom is 0.490 e. The minimum absolute atomic E-state index is 0.0202. The number of nitrogens with zero attached hydrogens (tertiary/aromatic N) is 3. The van der Waals surface area contributed by atoms with Crippen LogP contribution in [0.5, 0.6) is 0 Å². The minimum Gasteiger partial charge on any atom is -0.475 e. The van der Waals surface area contributed by atoms with Gasteiger partial charge in [-0.2, -0.15) is 31.6 Å². The number of aliphatic carboxylic acids is 2. The zero-order valence-electron chi connectivity index (χ0n) is 23.8. The Balaban J connectivity index is 0.000000314. The number of piperazine rings is 1. The summed E-state index contributed by atoms with van der Waals surface area (Å²) >= 11 is 0.889. The van der Waals surface area contributed by atoms with Crippen LogP contribution in [0.3, 0.4) is 0 Å². The summed E-state index contributed by atoms with van der Waals surface area (Å²) in [6.07, 6.45) is -8.27. The third kappa shape index (κ3) is 6.82. The highest BCUT2D eigenvalue weighted by molar-refractivity contribution is 7.23. The second-order valence-electron chi connectivity index (χ2n) is 10.2. The summed E-state index contributed by atoms with van der Waals surface area (Å²) in [4.78, 5) is 33.0. The second-order valence-corrected chi connectivity index (χ2v) is 11.2. The summed E-state index contributed by atoms with van der Waals surface area (Å²) in [5, 5.41) is 27.3. The number of nitrogens with two attached hydrogens (primary N) is 1. The van der Waals surface area contributed by atoms with Crippen LogP contribution in [0.2, 0.25) is 0 Å². The number of carboxylic acid groups (broad SMARTS) is 2. The van der Waals surface area contributed by atoms with Gasteiger partial charge in [-0.25, -0.2) is 22.8 Å². The van der Waals surface area contributed by atoms with E-state index in [4.69, 9.17) is 25.5 Å². The van der Waals surface area contributed by atoms with Crippen molar-refractivity contribution in [2.75, 3.05) is 25.4 Å². The third-order valence-corrected chi connectivity index (χ3v) is 8.30. The lowest BCUT2D eigenvalue weighted by Gasteiger charge is -2.38. The van der Waals surface area contributed by atoms with Gasteiger partial charge in [0.15, 0.2) is 0 Å². The number of alkyl halides is 6. The van der Waals surface area contributed by atoms with Crippen molar-refractivity contribution in [3.05, 3.63) is 53.0 Å². The van der Waals surface area contributed by atoms with Gasteiger partial charge < -0.3 is 30.7 Å². The number of carbonyl (C=O) groups is 3. The summed E-state index contributed by atoms with van der Waals surface area (Å²) < 4.78 is 111. The van der Waals surface area contributed by atoms with Gasteiger partial charge in [-0.15, -0.1) is 11.3 Å². The lowest BCUT2D eigenvalue weighted by atomic mass is 9.93. The first-order chi connectivity index (χ1) is 22.3. The van der Waals surface area contributed by atoms with Gasteiger partial charge >= 0.3 is 24.3 Å². The van der Waals surface area contributed by atoms with E-state index in [-0.39, 0.29) is 54.7 Å². The Labute approximate surface area is 266 Å². The molecular formula is C28H20F9N5O5S. The lowest BCUT2D eigenvalue weighted by Crippen LogP contribution is -2.54. The molecule has 4 aromatic rings. The molecule has 1 atom stereocenters. The van der Waals surface area contributed by atoms with Crippen molar-refractivity contribution in [1.82, 2.24) is 14.8 Å². The minimum atomic E-state index is -5.08. The number of thiophene rings is 1. The van der Waals surface area contributed by atoms with Gasteiger partial charge in [-0.1, -0.05) is 6.07 Å². The van der Waals surface area contributed by atoms with Gasteiger partial charge in [-0.05, 0) is 24.1 Å². The molecule has 20 heteroatoms. The molecule has 6 rings (SSSR count). The van der Waals surface area contributed by atoms with Crippen molar-refractivity contribution >= 4 is 55.2 Å². The molecule has 0 spiro atoms. The van der Waals surface area contributed by atoms with E-state index in [1.807, 2.05) is 6.07 Å². The number of nitriles is 1. The predicted octanol–water partition coefficient (Wildman–Crippen LogP) is 5.48. The summed E-state index contributed by atoms with van der Waals surface area (Å²) in [7, 11) is 0. The van der Waals surface area contributed by atoms with Gasteiger partial charge in [0.25, 0.3) is 5.91 Å². The van der Waals surface area contributed by atoms with Crippen molar-refractivity contribution in [3.8, 4) is 17.2 Å². The number of rotatable bonds is 1. The van der Waals surface area contributed by atoms with Gasteiger partial charge in [0, 0.05) is 54.8 Å². The largest absolute Gasteiger partial charge is 0.490 e. The average molecular weight is 710 g/mol. The first kappa shape index (κ1) is 35.8. The zero-order valence-corrected chi connectivity index (χ0v) is 24.6. The number of aromatic nitrogens is 1. The molecule has 0 bridgehead atoms. The lowest BCUT2D eigenvalue weighted by molar-refractivity contribution is -0.193. The van der Waals surface area contributed by atoms with E-state index in [0.29, 0.717) is 38.1 Å². The first-order valence-corrected chi connectivity index (χ1v) is 14.1. The van der Waals surface area contributed by atoms with Gasteiger partial charge in [-0.3, -0.25) is 4.79 Å². The predicted molar refractivity (Wildman–Crippen MR) is 151 cm³/mol. The monoisotopic (exact) mass is 709 g/mol. The number of nitrogen functional groups attached to an aromatic ring is 1. The molecule has 1 saturated heterocycles. The van der Waals surface area contributed by atoms with E-state index in [1.165, 1.54) is 12.3 Å². The molecule has 256 valence electrons. The van der Waals surface area contributed by atoms with Crippen molar-refractivity contribution in [1.29, 1.82) is 5.26 Å². The highest BCUT2D eigenvalue weighted by Gasteiger charge is 2.39. The number of hydrogen-bond acceptors (Lipinski definition) is 7. The van der Waals surface area contributed by atoms with E-state index in [9.17, 15) is 40.8 Å². The van der Waals surface area contributed by atoms with E-state index in [1.54, 1.807) is 9.47 Å². The van der Waals surface area contributed by atoms with Crippen molar-refractivity contribution in [3.63, 3.8) is 0 Å². The van der Waals surface area contributed by atoms with Crippen molar-refractivity contribution in [2.24, 2.45) is 0 Å². The Bertz CT molecular complexity index is 1960. The molecular weight excluding hydrogens is 689 g/mol. The fourth-order valence-electron chi connectivity index (χ4n) is 5.28. The molecule has 5 N–H and O–H groups in total. The molecule has 1 fully saturated rings. The fraction of sp³-hybridized carbons (Fsp3) is 0.286.